The largest absolute Gasteiger partial charge is 0.479 e. The molecular weight excluding hydrogens is 261 g/mol. The van der Waals surface area contributed by atoms with Crippen molar-refractivity contribution in [1.82, 2.24) is 5.32 Å². The summed E-state index contributed by atoms with van der Waals surface area (Å²) in [5.74, 6) is -1.18. The molecule has 1 atom stereocenters. The number of rotatable bonds is 6. The van der Waals surface area contributed by atoms with Gasteiger partial charge < -0.3 is 10.4 Å². The first-order valence-electron chi connectivity index (χ1n) is 6.75. The summed E-state index contributed by atoms with van der Waals surface area (Å²) in [6, 6.07) is 2.94. The van der Waals surface area contributed by atoms with E-state index in [1.807, 2.05) is 0 Å². The van der Waals surface area contributed by atoms with Gasteiger partial charge in [-0.2, -0.15) is 0 Å². The van der Waals surface area contributed by atoms with Gasteiger partial charge in [-0.15, -0.1) is 0 Å². The second-order valence-corrected chi connectivity index (χ2v) is 5.33. The summed E-state index contributed by atoms with van der Waals surface area (Å²) < 4.78 is 13.2. The van der Waals surface area contributed by atoms with Crippen molar-refractivity contribution in [3.8, 4) is 0 Å². The molecule has 5 heteroatoms. The SMILES string of the molecule is Cc1cc(C(NC(=O)CCC2CC2)C(=O)O)ccc1F. The second kappa shape index (κ2) is 6.03. The predicted octanol–water partition coefficient (Wildman–Crippen LogP) is 2.57. The molecule has 1 amide bonds. The quantitative estimate of drug-likeness (QED) is 0.841. The number of amides is 1. The number of halogens is 1. The van der Waals surface area contributed by atoms with Crippen LogP contribution >= 0.6 is 0 Å². The molecule has 1 fully saturated rings. The van der Waals surface area contributed by atoms with Crippen LogP contribution in [-0.4, -0.2) is 17.0 Å². The van der Waals surface area contributed by atoms with Crippen LogP contribution in [0.5, 0.6) is 0 Å². The molecule has 1 aromatic carbocycles. The third kappa shape index (κ3) is 3.79. The van der Waals surface area contributed by atoms with Crippen molar-refractivity contribution in [2.24, 2.45) is 5.92 Å². The molecule has 4 nitrogen and oxygen atoms in total. The average molecular weight is 279 g/mol. The number of carboxylic acid groups (broad SMARTS) is 1. The van der Waals surface area contributed by atoms with Gasteiger partial charge in [0.05, 0.1) is 0 Å². The van der Waals surface area contributed by atoms with Crippen LogP contribution < -0.4 is 5.32 Å². The van der Waals surface area contributed by atoms with Crippen LogP contribution in [0.3, 0.4) is 0 Å². The van der Waals surface area contributed by atoms with Crippen molar-refractivity contribution in [2.45, 2.75) is 38.6 Å². The van der Waals surface area contributed by atoms with E-state index in [1.54, 1.807) is 6.92 Å². The number of hydrogen-bond donors (Lipinski definition) is 2. The van der Waals surface area contributed by atoms with Gasteiger partial charge in [-0.05, 0) is 36.5 Å². The lowest BCUT2D eigenvalue weighted by molar-refractivity contribution is -0.142. The fourth-order valence-corrected chi connectivity index (χ4v) is 2.11. The molecule has 0 heterocycles. The first-order chi connectivity index (χ1) is 9.47. The highest BCUT2D eigenvalue weighted by molar-refractivity contribution is 5.84. The van der Waals surface area contributed by atoms with Crippen molar-refractivity contribution in [2.75, 3.05) is 0 Å². The Bertz CT molecular complexity index is 526. The summed E-state index contributed by atoms with van der Waals surface area (Å²) in [5.41, 5.74) is 0.747. The Morgan fingerprint density at radius 2 is 2.15 bits per heavy atom. The van der Waals surface area contributed by atoms with E-state index in [1.165, 1.54) is 18.2 Å². The molecule has 1 aliphatic carbocycles. The Morgan fingerprint density at radius 1 is 1.45 bits per heavy atom. The lowest BCUT2D eigenvalue weighted by Gasteiger charge is -2.15. The van der Waals surface area contributed by atoms with Crippen LogP contribution in [0.4, 0.5) is 4.39 Å². The minimum absolute atomic E-state index is 0.272. The summed E-state index contributed by atoms with van der Waals surface area (Å²) in [6.07, 6.45) is 3.47. The number of carbonyl (C=O) groups excluding carboxylic acids is 1. The van der Waals surface area contributed by atoms with E-state index in [0.29, 0.717) is 23.5 Å². The number of benzene rings is 1. The highest BCUT2D eigenvalue weighted by Crippen LogP contribution is 2.33. The Hall–Kier alpha value is -1.91. The number of hydrogen-bond acceptors (Lipinski definition) is 2. The van der Waals surface area contributed by atoms with Gasteiger partial charge in [-0.25, -0.2) is 9.18 Å². The average Bonchev–Trinajstić information content (AvgIpc) is 3.21. The first-order valence-corrected chi connectivity index (χ1v) is 6.75. The van der Waals surface area contributed by atoms with Gasteiger partial charge in [0.2, 0.25) is 5.91 Å². The molecule has 20 heavy (non-hydrogen) atoms. The van der Waals surface area contributed by atoms with Crippen molar-refractivity contribution < 1.29 is 19.1 Å². The lowest BCUT2D eigenvalue weighted by Crippen LogP contribution is -2.33. The third-order valence-electron chi connectivity index (χ3n) is 3.54. The highest BCUT2D eigenvalue weighted by Gasteiger charge is 2.25. The summed E-state index contributed by atoms with van der Waals surface area (Å²) in [7, 11) is 0. The molecule has 0 aromatic heterocycles. The van der Waals surface area contributed by atoms with Crippen molar-refractivity contribution in [1.29, 1.82) is 0 Å². The van der Waals surface area contributed by atoms with Crippen LogP contribution in [0.1, 0.15) is 42.9 Å². The number of nitrogens with one attached hydrogen (secondary N) is 1. The zero-order valence-corrected chi connectivity index (χ0v) is 11.4. The first kappa shape index (κ1) is 14.5. The number of carbonyl (C=O) groups is 2. The monoisotopic (exact) mass is 279 g/mol. The smallest absolute Gasteiger partial charge is 0.330 e. The second-order valence-electron chi connectivity index (χ2n) is 5.33. The van der Waals surface area contributed by atoms with E-state index in [4.69, 9.17) is 0 Å². The lowest BCUT2D eigenvalue weighted by atomic mass is 10.0. The van der Waals surface area contributed by atoms with Crippen LogP contribution in [0.25, 0.3) is 0 Å². The van der Waals surface area contributed by atoms with Gasteiger partial charge in [-0.1, -0.05) is 25.0 Å². The van der Waals surface area contributed by atoms with Gasteiger partial charge in [0, 0.05) is 6.42 Å². The summed E-state index contributed by atoms with van der Waals surface area (Å²) in [5, 5.41) is 11.7. The third-order valence-corrected chi connectivity index (χ3v) is 3.54. The van der Waals surface area contributed by atoms with Crippen molar-refractivity contribution in [3.05, 3.63) is 35.1 Å². The van der Waals surface area contributed by atoms with E-state index in [9.17, 15) is 19.1 Å². The standard InChI is InChI=1S/C15H18FNO3/c1-9-8-11(5-6-12(9)16)14(15(19)20)17-13(18)7-4-10-2-3-10/h5-6,8,10,14H,2-4,7H2,1H3,(H,17,18)(H,19,20). The molecule has 2 N–H and O–H groups in total. The maximum Gasteiger partial charge on any atom is 0.330 e. The van der Waals surface area contributed by atoms with Gasteiger partial charge >= 0.3 is 5.97 Å². The molecule has 1 aliphatic rings. The van der Waals surface area contributed by atoms with Crippen LogP contribution in [0.15, 0.2) is 18.2 Å². The minimum atomic E-state index is -1.14. The summed E-state index contributed by atoms with van der Waals surface area (Å²) in [6.45, 7) is 1.56. The van der Waals surface area contributed by atoms with Crippen LogP contribution in [0.2, 0.25) is 0 Å². The topological polar surface area (TPSA) is 66.4 Å². The minimum Gasteiger partial charge on any atom is -0.479 e. The maximum absolute atomic E-state index is 13.2. The molecule has 0 bridgehead atoms. The van der Waals surface area contributed by atoms with E-state index >= 15 is 0 Å². The van der Waals surface area contributed by atoms with E-state index in [2.05, 4.69) is 5.32 Å². The molecule has 2 rings (SSSR count). The molecular formula is C15H18FNO3. The molecule has 0 aliphatic heterocycles. The Balaban J connectivity index is 2.03. The fraction of sp³-hybridized carbons (Fsp3) is 0.467. The zero-order chi connectivity index (χ0) is 14.7. The number of aliphatic carboxylic acids is 1. The summed E-state index contributed by atoms with van der Waals surface area (Å²) in [4.78, 5) is 23.0. The molecule has 0 spiro atoms. The Labute approximate surface area is 117 Å². The predicted molar refractivity (Wildman–Crippen MR) is 71.6 cm³/mol. The molecule has 1 saturated carbocycles. The molecule has 0 radical (unpaired) electrons. The van der Waals surface area contributed by atoms with E-state index in [-0.39, 0.29) is 5.91 Å². The molecule has 1 unspecified atom stereocenters. The zero-order valence-electron chi connectivity index (χ0n) is 11.4. The van der Waals surface area contributed by atoms with Gasteiger partial charge in [0.15, 0.2) is 6.04 Å². The van der Waals surface area contributed by atoms with Gasteiger partial charge in [0.1, 0.15) is 5.82 Å². The van der Waals surface area contributed by atoms with Crippen molar-refractivity contribution in [3.63, 3.8) is 0 Å². The van der Waals surface area contributed by atoms with Crippen molar-refractivity contribution >= 4 is 11.9 Å². The molecule has 1 aromatic rings. The van der Waals surface area contributed by atoms with Crippen LogP contribution in [-0.2, 0) is 9.59 Å². The van der Waals surface area contributed by atoms with Crippen LogP contribution in [0, 0.1) is 18.7 Å². The highest BCUT2D eigenvalue weighted by atomic mass is 19.1. The summed E-state index contributed by atoms with van der Waals surface area (Å²) >= 11 is 0. The van der Waals surface area contributed by atoms with E-state index in [0.717, 1.165) is 19.3 Å². The Morgan fingerprint density at radius 3 is 2.70 bits per heavy atom. The maximum atomic E-state index is 13.2. The fourth-order valence-electron chi connectivity index (χ4n) is 2.11. The van der Waals surface area contributed by atoms with Gasteiger partial charge in [-0.3, -0.25) is 4.79 Å². The number of carboxylic acids is 1. The normalized spacial score (nSPS) is 15.7. The molecule has 0 saturated heterocycles. The number of aryl methyl sites for hydroxylation is 1. The molecule has 108 valence electrons. The van der Waals surface area contributed by atoms with E-state index < -0.39 is 17.8 Å². The Kier molecular flexibility index (Phi) is 4.37. The van der Waals surface area contributed by atoms with Gasteiger partial charge in [0.25, 0.3) is 0 Å².